The van der Waals surface area contributed by atoms with Crippen LogP contribution in [0.25, 0.3) is 6.08 Å². The van der Waals surface area contributed by atoms with Crippen molar-refractivity contribution < 1.29 is 33.4 Å². The van der Waals surface area contributed by atoms with E-state index in [1.807, 2.05) is 5.32 Å². The third-order valence-corrected chi connectivity index (χ3v) is 4.05. The molecule has 1 fully saturated rings. The van der Waals surface area contributed by atoms with Crippen molar-refractivity contribution in [2.24, 2.45) is 0 Å². The number of carbonyl (C=O) groups is 4. The fourth-order valence-corrected chi connectivity index (χ4v) is 2.57. The number of benzene rings is 2. The second kappa shape index (κ2) is 7.93. The molecule has 1 aliphatic rings. The van der Waals surface area contributed by atoms with Crippen molar-refractivity contribution in [1.82, 2.24) is 5.32 Å². The van der Waals surface area contributed by atoms with Gasteiger partial charge in [-0.1, -0.05) is 24.3 Å². The topological polar surface area (TPSA) is 113 Å². The number of halogens is 1. The predicted molar refractivity (Wildman–Crippen MR) is 99.6 cm³/mol. The lowest BCUT2D eigenvalue weighted by Gasteiger charge is -2.26. The van der Waals surface area contributed by atoms with Gasteiger partial charge in [0.15, 0.2) is 6.10 Å². The average Bonchev–Trinajstić information content (AvgIpc) is 2.67. The third kappa shape index (κ3) is 4.13. The summed E-state index contributed by atoms with van der Waals surface area (Å²) in [6.07, 6.45) is 0.188. The fourth-order valence-electron chi connectivity index (χ4n) is 2.57. The number of nitrogens with zero attached hydrogens (tertiary/aromatic N) is 1. The number of hydrogen-bond donors (Lipinski definition) is 2. The molecule has 0 unspecified atom stereocenters. The van der Waals surface area contributed by atoms with E-state index in [0.29, 0.717) is 10.5 Å². The number of ether oxygens (including phenoxy) is 1. The minimum absolute atomic E-state index is 0.278. The molecule has 1 atom stereocenters. The summed E-state index contributed by atoms with van der Waals surface area (Å²) >= 11 is 0. The summed E-state index contributed by atoms with van der Waals surface area (Å²) in [7, 11) is 0. The minimum atomic E-state index is -1.13. The number of aliphatic carboxylic acids is 1. The van der Waals surface area contributed by atoms with Gasteiger partial charge in [0.1, 0.15) is 17.1 Å². The number of para-hydroxylation sites is 1. The quantitative estimate of drug-likeness (QED) is 0.591. The SMILES string of the molecule is C[C@@H](Oc1ccc(/C=C2/C(=O)NC(=O)N(c3ccccc3F)C2=O)cc1)C(=O)O. The number of nitrogens with one attached hydrogen (secondary N) is 1. The molecule has 1 heterocycles. The number of carbonyl (C=O) groups excluding carboxylic acids is 3. The van der Waals surface area contributed by atoms with Crippen LogP contribution in [0.15, 0.2) is 54.1 Å². The number of hydrogen-bond acceptors (Lipinski definition) is 5. The number of amides is 4. The highest BCUT2D eigenvalue weighted by atomic mass is 19.1. The van der Waals surface area contributed by atoms with Crippen molar-refractivity contribution >= 4 is 35.6 Å². The molecule has 2 aromatic rings. The van der Waals surface area contributed by atoms with Crippen molar-refractivity contribution in [3.8, 4) is 5.75 Å². The van der Waals surface area contributed by atoms with Crippen molar-refractivity contribution in [1.29, 1.82) is 0 Å². The molecule has 0 aliphatic carbocycles. The van der Waals surface area contributed by atoms with E-state index in [1.54, 1.807) is 0 Å². The van der Waals surface area contributed by atoms with Gasteiger partial charge in [0.05, 0.1) is 5.69 Å². The van der Waals surface area contributed by atoms with Crippen LogP contribution in [0, 0.1) is 5.82 Å². The van der Waals surface area contributed by atoms with E-state index in [-0.39, 0.29) is 17.0 Å². The largest absolute Gasteiger partial charge is 0.479 e. The first-order valence-electron chi connectivity index (χ1n) is 8.43. The molecular formula is C20H15FN2O6. The summed E-state index contributed by atoms with van der Waals surface area (Å²) in [5.74, 6) is -3.52. The lowest BCUT2D eigenvalue weighted by molar-refractivity contribution is -0.144. The number of barbiturate groups is 1. The van der Waals surface area contributed by atoms with E-state index in [9.17, 15) is 23.6 Å². The molecule has 3 rings (SSSR count). The van der Waals surface area contributed by atoms with Gasteiger partial charge >= 0.3 is 12.0 Å². The van der Waals surface area contributed by atoms with Gasteiger partial charge in [-0.2, -0.15) is 0 Å². The van der Waals surface area contributed by atoms with E-state index in [0.717, 1.165) is 6.07 Å². The average molecular weight is 398 g/mol. The first-order chi connectivity index (χ1) is 13.8. The first kappa shape index (κ1) is 19.7. The van der Waals surface area contributed by atoms with Crippen molar-refractivity contribution in [3.05, 3.63) is 65.5 Å². The Hall–Kier alpha value is -4.01. The van der Waals surface area contributed by atoms with E-state index in [4.69, 9.17) is 9.84 Å². The number of urea groups is 1. The Bertz CT molecular complexity index is 1030. The van der Waals surface area contributed by atoms with Crippen LogP contribution in [0.2, 0.25) is 0 Å². The molecule has 0 aromatic heterocycles. The number of imide groups is 2. The molecule has 29 heavy (non-hydrogen) atoms. The van der Waals surface area contributed by atoms with Crippen LogP contribution in [0.5, 0.6) is 5.75 Å². The molecule has 2 aromatic carbocycles. The Balaban J connectivity index is 1.89. The molecule has 0 saturated carbocycles. The molecule has 9 heteroatoms. The molecule has 4 amide bonds. The molecule has 148 valence electrons. The lowest BCUT2D eigenvalue weighted by Crippen LogP contribution is -2.54. The Kier molecular flexibility index (Phi) is 5.40. The normalized spacial score (nSPS) is 16.6. The fraction of sp³-hybridized carbons (Fsp3) is 0.100. The molecule has 0 spiro atoms. The van der Waals surface area contributed by atoms with Crippen LogP contribution in [0.4, 0.5) is 14.9 Å². The van der Waals surface area contributed by atoms with Crippen molar-refractivity contribution in [3.63, 3.8) is 0 Å². The van der Waals surface area contributed by atoms with Crippen LogP contribution < -0.4 is 15.0 Å². The number of anilines is 1. The summed E-state index contributed by atoms with van der Waals surface area (Å²) in [5, 5.41) is 10.9. The molecule has 1 saturated heterocycles. The molecule has 0 bridgehead atoms. The Labute approximate surface area is 164 Å². The van der Waals surface area contributed by atoms with Gasteiger partial charge < -0.3 is 9.84 Å². The van der Waals surface area contributed by atoms with Crippen LogP contribution in [0.3, 0.4) is 0 Å². The van der Waals surface area contributed by atoms with E-state index >= 15 is 0 Å². The standard InChI is InChI=1S/C20H15FN2O6/c1-11(19(26)27)29-13-8-6-12(7-9-13)10-14-17(24)22-20(28)23(18(14)25)16-5-3-2-4-15(16)21/h2-11H,1H3,(H,26,27)(H,22,24,28)/b14-10-/t11-/m1/s1. The minimum Gasteiger partial charge on any atom is -0.479 e. The Morgan fingerprint density at radius 1 is 1.14 bits per heavy atom. The number of rotatable bonds is 5. The highest BCUT2D eigenvalue weighted by molar-refractivity contribution is 6.39. The molecule has 1 aliphatic heterocycles. The Morgan fingerprint density at radius 2 is 1.79 bits per heavy atom. The molecular weight excluding hydrogens is 383 g/mol. The van der Waals surface area contributed by atoms with Gasteiger partial charge in [-0.15, -0.1) is 0 Å². The van der Waals surface area contributed by atoms with Crippen LogP contribution in [0.1, 0.15) is 12.5 Å². The van der Waals surface area contributed by atoms with E-state index in [2.05, 4.69) is 0 Å². The van der Waals surface area contributed by atoms with Crippen LogP contribution >= 0.6 is 0 Å². The third-order valence-electron chi connectivity index (χ3n) is 4.05. The van der Waals surface area contributed by atoms with Gasteiger partial charge in [0.25, 0.3) is 11.8 Å². The highest BCUT2D eigenvalue weighted by Gasteiger charge is 2.37. The summed E-state index contributed by atoms with van der Waals surface area (Å²) < 4.78 is 19.2. The molecule has 0 radical (unpaired) electrons. The summed E-state index contributed by atoms with van der Waals surface area (Å²) in [6.45, 7) is 1.37. The highest BCUT2D eigenvalue weighted by Crippen LogP contribution is 2.25. The van der Waals surface area contributed by atoms with Crippen LogP contribution in [-0.4, -0.2) is 35.0 Å². The van der Waals surface area contributed by atoms with Gasteiger partial charge in [0.2, 0.25) is 0 Å². The maximum atomic E-state index is 14.0. The summed E-state index contributed by atoms with van der Waals surface area (Å²) in [5.41, 5.74) is -0.220. The van der Waals surface area contributed by atoms with Gasteiger partial charge in [-0.25, -0.2) is 18.9 Å². The van der Waals surface area contributed by atoms with Gasteiger partial charge in [-0.3, -0.25) is 14.9 Å². The molecule has 2 N–H and O–H groups in total. The zero-order valence-electron chi connectivity index (χ0n) is 15.1. The maximum absolute atomic E-state index is 14.0. The Morgan fingerprint density at radius 3 is 2.41 bits per heavy atom. The summed E-state index contributed by atoms with van der Waals surface area (Å²) in [6, 6.07) is 10.1. The molecule has 8 nitrogen and oxygen atoms in total. The first-order valence-corrected chi connectivity index (χ1v) is 8.43. The second-order valence-corrected chi connectivity index (χ2v) is 6.08. The van der Waals surface area contributed by atoms with Crippen molar-refractivity contribution in [2.75, 3.05) is 4.90 Å². The smallest absolute Gasteiger partial charge is 0.344 e. The predicted octanol–water partition coefficient (Wildman–Crippen LogP) is 2.34. The van der Waals surface area contributed by atoms with Gasteiger partial charge in [0, 0.05) is 0 Å². The lowest BCUT2D eigenvalue weighted by atomic mass is 10.1. The van der Waals surface area contributed by atoms with E-state index in [1.165, 1.54) is 55.5 Å². The monoisotopic (exact) mass is 398 g/mol. The number of carboxylic acid groups (broad SMARTS) is 1. The second-order valence-electron chi connectivity index (χ2n) is 6.08. The van der Waals surface area contributed by atoms with Crippen molar-refractivity contribution in [2.45, 2.75) is 13.0 Å². The van der Waals surface area contributed by atoms with Gasteiger partial charge in [-0.05, 0) is 42.8 Å². The zero-order chi connectivity index (χ0) is 21.1. The van der Waals surface area contributed by atoms with Crippen LogP contribution in [-0.2, 0) is 14.4 Å². The number of carboxylic acids is 1. The summed E-state index contributed by atoms with van der Waals surface area (Å²) in [4.78, 5) is 48.3. The maximum Gasteiger partial charge on any atom is 0.344 e. The van der Waals surface area contributed by atoms with E-state index < -0.39 is 35.7 Å². The zero-order valence-corrected chi connectivity index (χ0v) is 15.1.